The molecule has 2 rings (SSSR count). The third kappa shape index (κ3) is 3.71. The van der Waals surface area contributed by atoms with Crippen molar-refractivity contribution in [2.75, 3.05) is 5.73 Å². The predicted octanol–water partition coefficient (Wildman–Crippen LogP) is -2.86. The van der Waals surface area contributed by atoms with Gasteiger partial charge in [0.15, 0.2) is 0 Å². The van der Waals surface area contributed by atoms with Crippen LogP contribution in [-0.4, -0.2) is 30.1 Å². The number of H-pyrrole nitrogens is 4. The summed E-state index contributed by atoms with van der Waals surface area (Å²) in [6.07, 6.45) is 1.43. The number of hydrogen-bond acceptors (Lipinski definition) is 6. The van der Waals surface area contributed by atoms with Crippen LogP contribution in [0.3, 0.4) is 0 Å². The maximum atomic E-state index is 10.2. The van der Waals surface area contributed by atoms with Gasteiger partial charge in [-0.05, 0) is 0 Å². The van der Waals surface area contributed by atoms with Crippen LogP contribution in [0.1, 0.15) is 0 Å². The third-order valence-electron chi connectivity index (χ3n) is 1.11. The second-order valence-corrected chi connectivity index (χ2v) is 2.22. The van der Waals surface area contributed by atoms with E-state index < -0.39 is 17.1 Å². The number of nitrogen functional groups attached to an aromatic ring is 1. The number of nitrogens with one attached hydrogen (secondary N) is 4. The molecule has 0 aliphatic rings. The molecule has 0 fully saturated rings. The summed E-state index contributed by atoms with van der Waals surface area (Å²) in [4.78, 5) is 39.4. The fourth-order valence-electron chi connectivity index (χ4n) is 0.622. The summed E-state index contributed by atoms with van der Waals surface area (Å²) in [6, 6.07) is 0. The molecular weight excluding hydrogens is 206 g/mol. The van der Waals surface area contributed by atoms with Gasteiger partial charge < -0.3 is 5.73 Å². The van der Waals surface area contributed by atoms with Crippen LogP contribution in [0, 0.1) is 0 Å². The number of hydrogen-bond donors (Lipinski definition) is 5. The molecule has 0 aliphatic heterocycles. The van der Waals surface area contributed by atoms with Gasteiger partial charge in [0.05, 0.1) is 0 Å². The molecule has 10 heteroatoms. The first-order valence-electron chi connectivity index (χ1n) is 3.62. The van der Waals surface area contributed by atoms with Crippen LogP contribution >= 0.6 is 0 Å². The topological polar surface area (TPSA) is 166 Å². The van der Waals surface area contributed by atoms with Gasteiger partial charge >= 0.3 is 17.1 Å². The molecule has 2 aromatic rings. The molecule has 0 spiro atoms. The molecule has 0 amide bonds. The predicted molar refractivity (Wildman–Crippen MR) is 49.1 cm³/mol. The highest BCUT2D eigenvalue weighted by Crippen LogP contribution is 1.76. The second kappa shape index (κ2) is 4.55. The van der Waals surface area contributed by atoms with Crippen molar-refractivity contribution in [1.29, 1.82) is 0 Å². The van der Waals surface area contributed by atoms with E-state index in [0.29, 0.717) is 0 Å². The molecule has 6 N–H and O–H groups in total. The summed E-state index contributed by atoms with van der Waals surface area (Å²) in [5.74, 6) is 0.287. The van der Waals surface area contributed by atoms with E-state index in [1.54, 1.807) is 15.0 Å². The molecule has 0 aromatic carbocycles. The first-order chi connectivity index (χ1) is 7.08. The van der Waals surface area contributed by atoms with Crippen LogP contribution < -0.4 is 22.8 Å². The Bertz CT molecular complexity index is 483. The SMILES string of the molecule is Nc1nc[nH]n1.O=c1[nH]c(=O)[nH]c(=O)[nH]1. The van der Waals surface area contributed by atoms with Crippen molar-refractivity contribution in [3.05, 3.63) is 37.8 Å². The largest absolute Gasteiger partial charge is 0.367 e. The number of nitrogens with two attached hydrogens (primary N) is 1. The summed E-state index contributed by atoms with van der Waals surface area (Å²) >= 11 is 0. The minimum Gasteiger partial charge on any atom is -0.367 e. The zero-order chi connectivity index (χ0) is 11.3. The van der Waals surface area contributed by atoms with Crippen LogP contribution in [0.4, 0.5) is 5.95 Å². The zero-order valence-corrected chi connectivity index (χ0v) is 7.27. The third-order valence-corrected chi connectivity index (χ3v) is 1.11. The summed E-state index contributed by atoms with van der Waals surface area (Å²) in [7, 11) is 0. The van der Waals surface area contributed by atoms with E-state index in [2.05, 4.69) is 15.2 Å². The van der Waals surface area contributed by atoms with Crippen molar-refractivity contribution >= 4 is 5.95 Å². The highest BCUT2D eigenvalue weighted by atomic mass is 16.2. The second-order valence-electron chi connectivity index (χ2n) is 2.22. The van der Waals surface area contributed by atoms with Crippen LogP contribution in [-0.2, 0) is 0 Å². The van der Waals surface area contributed by atoms with E-state index in [4.69, 9.17) is 5.73 Å². The summed E-state index contributed by atoms with van der Waals surface area (Å²) in [6.45, 7) is 0. The van der Waals surface area contributed by atoms with Crippen molar-refractivity contribution in [1.82, 2.24) is 30.1 Å². The fraction of sp³-hybridized carbons (Fsp3) is 0. The quantitative estimate of drug-likeness (QED) is 0.315. The molecule has 15 heavy (non-hydrogen) atoms. The number of aromatic nitrogens is 6. The van der Waals surface area contributed by atoms with Gasteiger partial charge in [0, 0.05) is 0 Å². The van der Waals surface area contributed by atoms with Crippen LogP contribution in [0.5, 0.6) is 0 Å². The van der Waals surface area contributed by atoms with Gasteiger partial charge in [-0.15, -0.1) is 5.10 Å². The fourth-order valence-corrected chi connectivity index (χ4v) is 0.622. The Morgan fingerprint density at radius 1 is 1.00 bits per heavy atom. The van der Waals surface area contributed by atoms with Crippen molar-refractivity contribution in [2.24, 2.45) is 0 Å². The lowest BCUT2D eigenvalue weighted by molar-refractivity contribution is 0.888. The Labute approximate surface area is 80.6 Å². The molecule has 80 valence electrons. The lowest BCUT2D eigenvalue weighted by atomic mass is 11.0. The van der Waals surface area contributed by atoms with E-state index in [1.165, 1.54) is 6.33 Å². The van der Waals surface area contributed by atoms with Crippen molar-refractivity contribution in [2.45, 2.75) is 0 Å². The molecule has 2 aromatic heterocycles. The average Bonchev–Trinajstić information content (AvgIpc) is 2.54. The van der Waals surface area contributed by atoms with E-state index in [0.717, 1.165) is 0 Å². The van der Waals surface area contributed by atoms with Gasteiger partial charge in [0.2, 0.25) is 5.95 Å². The summed E-state index contributed by atoms with van der Waals surface area (Å²) < 4.78 is 0. The van der Waals surface area contributed by atoms with E-state index in [1.807, 2.05) is 0 Å². The van der Waals surface area contributed by atoms with Gasteiger partial charge in [-0.3, -0.25) is 20.1 Å². The number of aromatic amines is 4. The van der Waals surface area contributed by atoms with Crippen LogP contribution in [0.25, 0.3) is 0 Å². The van der Waals surface area contributed by atoms with Gasteiger partial charge in [0.1, 0.15) is 6.33 Å². The lowest BCUT2D eigenvalue weighted by Crippen LogP contribution is -2.34. The number of rotatable bonds is 0. The number of anilines is 1. The van der Waals surface area contributed by atoms with E-state index >= 15 is 0 Å². The highest BCUT2D eigenvalue weighted by molar-refractivity contribution is 5.07. The van der Waals surface area contributed by atoms with Gasteiger partial charge in [0.25, 0.3) is 0 Å². The normalized spacial score (nSPS) is 9.07. The van der Waals surface area contributed by atoms with Gasteiger partial charge in [-0.2, -0.15) is 0 Å². The average molecular weight is 213 g/mol. The first-order valence-corrected chi connectivity index (χ1v) is 3.62. The molecule has 0 aliphatic carbocycles. The van der Waals surface area contributed by atoms with Crippen LogP contribution in [0.2, 0.25) is 0 Å². The molecule has 2 heterocycles. The molecule has 0 saturated heterocycles. The Morgan fingerprint density at radius 2 is 1.47 bits per heavy atom. The maximum absolute atomic E-state index is 10.2. The van der Waals surface area contributed by atoms with Crippen molar-refractivity contribution < 1.29 is 0 Å². The Hall–Kier alpha value is -2.65. The van der Waals surface area contributed by atoms with E-state index in [9.17, 15) is 14.4 Å². The van der Waals surface area contributed by atoms with Gasteiger partial charge in [-0.1, -0.05) is 0 Å². The minimum absolute atomic E-state index is 0.287. The van der Waals surface area contributed by atoms with E-state index in [-0.39, 0.29) is 5.95 Å². The molecule has 0 atom stereocenters. The van der Waals surface area contributed by atoms with Gasteiger partial charge in [-0.25, -0.2) is 19.4 Å². The molecule has 0 bridgehead atoms. The maximum Gasteiger partial charge on any atom is 0.330 e. The standard InChI is InChI=1S/C3H3N3O3.C2H4N4/c7-1-4-2(8)6-3(9)5-1;3-2-4-1-5-6-2/h(H3,4,5,6,7,8,9);1H,(H3,3,4,5,6). The highest BCUT2D eigenvalue weighted by Gasteiger charge is 1.85. The van der Waals surface area contributed by atoms with Crippen molar-refractivity contribution in [3.63, 3.8) is 0 Å². The Kier molecular flexibility index (Phi) is 3.16. The zero-order valence-electron chi connectivity index (χ0n) is 7.27. The molecule has 0 unspecified atom stereocenters. The molecule has 0 radical (unpaired) electrons. The van der Waals surface area contributed by atoms with Crippen molar-refractivity contribution in [3.8, 4) is 0 Å². The lowest BCUT2D eigenvalue weighted by Gasteiger charge is -1.77. The number of nitrogens with zero attached hydrogens (tertiary/aromatic N) is 2. The molecule has 10 nitrogen and oxygen atoms in total. The van der Waals surface area contributed by atoms with Crippen LogP contribution in [0.15, 0.2) is 20.7 Å². The molecular formula is C5H7N7O3. The minimum atomic E-state index is -0.802. The monoisotopic (exact) mass is 213 g/mol. The Morgan fingerprint density at radius 3 is 1.67 bits per heavy atom. The summed E-state index contributed by atoms with van der Waals surface area (Å²) in [5.41, 5.74) is 2.62. The smallest absolute Gasteiger partial charge is 0.330 e. The summed E-state index contributed by atoms with van der Waals surface area (Å²) in [5, 5.41) is 5.90. The molecule has 0 saturated carbocycles. The Balaban J connectivity index is 0.000000162. The first kappa shape index (κ1) is 10.4.